The van der Waals surface area contributed by atoms with Gasteiger partial charge in [-0.1, -0.05) is 13.8 Å². The van der Waals surface area contributed by atoms with Gasteiger partial charge in [-0.3, -0.25) is 19.2 Å². The largest absolute Gasteiger partial charge is 0.481 e. The first-order chi connectivity index (χ1) is 18.5. The number of nitrogens with zero attached hydrogens (tertiary/aromatic N) is 2. The van der Waals surface area contributed by atoms with Crippen molar-refractivity contribution in [2.24, 2.45) is 11.8 Å². The predicted molar refractivity (Wildman–Crippen MR) is 145 cm³/mol. The Morgan fingerprint density at radius 1 is 1.02 bits per heavy atom. The van der Waals surface area contributed by atoms with Crippen LogP contribution < -0.4 is 10.6 Å². The molecule has 13 nitrogen and oxygen atoms in total. The van der Waals surface area contributed by atoms with Crippen molar-refractivity contribution in [1.29, 1.82) is 0 Å². The molecule has 4 N–H and O–H groups in total. The van der Waals surface area contributed by atoms with Gasteiger partial charge < -0.3 is 35.4 Å². The number of carbonyl (C=O) groups excluding carboxylic acids is 4. The molecule has 228 valence electrons. The molecule has 4 amide bonds. The van der Waals surface area contributed by atoms with Crippen LogP contribution >= 0.6 is 0 Å². The second-order valence-corrected chi connectivity index (χ2v) is 11.5. The zero-order valence-electron chi connectivity index (χ0n) is 24.5. The quantitative estimate of drug-likeness (QED) is 0.242. The molecular weight excluding hydrogens is 524 g/mol. The van der Waals surface area contributed by atoms with Crippen molar-refractivity contribution in [3.63, 3.8) is 0 Å². The number of hydrogen-bond donors (Lipinski definition) is 4. The minimum Gasteiger partial charge on any atom is -0.481 e. The lowest BCUT2D eigenvalue weighted by Gasteiger charge is -2.33. The summed E-state index contributed by atoms with van der Waals surface area (Å²) in [6.45, 7) is 11.4. The van der Waals surface area contributed by atoms with E-state index < -0.39 is 53.8 Å². The van der Waals surface area contributed by atoms with Crippen LogP contribution in [-0.4, -0.2) is 99.6 Å². The number of carboxylic acid groups (broad SMARTS) is 2. The molecule has 0 radical (unpaired) electrons. The van der Waals surface area contributed by atoms with E-state index in [0.717, 1.165) is 19.3 Å². The van der Waals surface area contributed by atoms with Crippen LogP contribution in [0.15, 0.2) is 0 Å². The summed E-state index contributed by atoms with van der Waals surface area (Å²) in [6.07, 6.45) is 2.22. The van der Waals surface area contributed by atoms with Crippen LogP contribution in [0.1, 0.15) is 80.1 Å². The van der Waals surface area contributed by atoms with Gasteiger partial charge in [0.15, 0.2) is 0 Å². The number of aliphatic carboxylic acids is 2. The Labute approximate surface area is 236 Å². The molecule has 0 aromatic rings. The molecule has 40 heavy (non-hydrogen) atoms. The molecular formula is C27H46N4O9. The molecule has 0 aromatic carbocycles. The van der Waals surface area contributed by atoms with Crippen molar-refractivity contribution in [1.82, 2.24) is 20.4 Å². The number of likely N-dealkylation sites (tertiary alicyclic amines) is 1. The van der Waals surface area contributed by atoms with Gasteiger partial charge in [-0.2, -0.15) is 0 Å². The van der Waals surface area contributed by atoms with E-state index >= 15 is 0 Å². The Morgan fingerprint density at radius 2 is 1.62 bits per heavy atom. The summed E-state index contributed by atoms with van der Waals surface area (Å²) in [5.74, 6) is -4.60. The van der Waals surface area contributed by atoms with E-state index in [1.807, 2.05) is 20.8 Å². The maximum absolute atomic E-state index is 12.8. The van der Waals surface area contributed by atoms with E-state index in [4.69, 9.17) is 9.84 Å². The molecule has 1 saturated heterocycles. The third kappa shape index (κ3) is 12.6. The standard InChI is InChI=1S/C27H46N4O9/c1-7-30(16-20(32)28-19(15-22(34)35)24(36)29-23(17(2)3)25(37)38)21(33)10-8-9-18-11-13-31(14-12-18)26(39)40-27(4,5)6/h17-19,23H,7-16H2,1-6H3,(H,28,32)(H,29,36)(H,34,35)(H,37,38)/t19-,23-/m0/s1. The molecule has 0 bridgehead atoms. The van der Waals surface area contributed by atoms with E-state index in [2.05, 4.69) is 10.6 Å². The average Bonchev–Trinajstić information content (AvgIpc) is 2.83. The summed E-state index contributed by atoms with van der Waals surface area (Å²) in [4.78, 5) is 75.8. The molecule has 1 fully saturated rings. The van der Waals surface area contributed by atoms with Crippen LogP contribution in [0.25, 0.3) is 0 Å². The summed E-state index contributed by atoms with van der Waals surface area (Å²) in [5, 5.41) is 23.1. The van der Waals surface area contributed by atoms with Crippen molar-refractivity contribution in [2.75, 3.05) is 26.2 Å². The molecule has 0 saturated carbocycles. The minimum atomic E-state index is -1.49. The maximum atomic E-state index is 12.8. The Bertz CT molecular complexity index is 908. The normalized spacial score (nSPS) is 15.6. The van der Waals surface area contributed by atoms with E-state index in [1.165, 1.54) is 4.90 Å². The number of likely N-dealkylation sites (N-methyl/N-ethyl adjacent to an activating group) is 1. The van der Waals surface area contributed by atoms with Crippen LogP contribution in [0.5, 0.6) is 0 Å². The number of carbonyl (C=O) groups is 6. The third-order valence-electron chi connectivity index (χ3n) is 6.60. The number of piperidine rings is 1. The fraction of sp³-hybridized carbons (Fsp3) is 0.778. The van der Waals surface area contributed by atoms with E-state index in [-0.39, 0.29) is 31.5 Å². The van der Waals surface area contributed by atoms with Crippen molar-refractivity contribution in [3.05, 3.63) is 0 Å². The molecule has 1 aliphatic heterocycles. The van der Waals surface area contributed by atoms with Crippen molar-refractivity contribution in [3.8, 4) is 0 Å². The van der Waals surface area contributed by atoms with Gasteiger partial charge >= 0.3 is 18.0 Å². The molecule has 0 aromatic heterocycles. The topological polar surface area (TPSA) is 183 Å². The number of carboxylic acids is 2. The Hall–Kier alpha value is -3.38. The molecule has 0 unspecified atom stereocenters. The zero-order valence-corrected chi connectivity index (χ0v) is 24.5. The maximum Gasteiger partial charge on any atom is 0.410 e. The summed E-state index contributed by atoms with van der Waals surface area (Å²) >= 11 is 0. The lowest BCUT2D eigenvalue weighted by Crippen LogP contribution is -2.55. The van der Waals surface area contributed by atoms with Crippen LogP contribution in [0.4, 0.5) is 4.79 Å². The second-order valence-electron chi connectivity index (χ2n) is 11.5. The fourth-order valence-corrected chi connectivity index (χ4v) is 4.37. The van der Waals surface area contributed by atoms with Gasteiger partial charge in [0, 0.05) is 26.1 Å². The fourth-order valence-electron chi connectivity index (χ4n) is 4.37. The Balaban J connectivity index is 2.57. The lowest BCUT2D eigenvalue weighted by molar-refractivity contribution is -0.144. The molecule has 0 aliphatic carbocycles. The number of nitrogens with one attached hydrogen (secondary N) is 2. The molecule has 1 rings (SSSR count). The SMILES string of the molecule is CCN(CC(=O)N[C@@H](CC(=O)O)C(=O)N[C@H](C(=O)O)C(C)C)C(=O)CCCC1CCN(C(=O)OC(C)(C)C)CC1. The number of amides is 4. The van der Waals surface area contributed by atoms with E-state index in [1.54, 1.807) is 25.7 Å². The Morgan fingerprint density at radius 3 is 2.10 bits per heavy atom. The molecule has 0 spiro atoms. The smallest absolute Gasteiger partial charge is 0.410 e. The Kier molecular flexibility index (Phi) is 13.9. The molecule has 2 atom stereocenters. The first-order valence-electron chi connectivity index (χ1n) is 13.8. The van der Waals surface area contributed by atoms with Gasteiger partial charge in [0.2, 0.25) is 17.7 Å². The van der Waals surface area contributed by atoms with Crippen LogP contribution in [0, 0.1) is 11.8 Å². The predicted octanol–water partition coefficient (Wildman–Crippen LogP) is 1.84. The average molecular weight is 571 g/mol. The van der Waals surface area contributed by atoms with Gasteiger partial charge in [-0.25, -0.2) is 9.59 Å². The number of ether oxygens (including phenoxy) is 1. The van der Waals surface area contributed by atoms with Crippen molar-refractivity contribution < 1.29 is 43.7 Å². The van der Waals surface area contributed by atoms with E-state index in [0.29, 0.717) is 25.4 Å². The highest BCUT2D eigenvalue weighted by molar-refractivity contribution is 5.94. The van der Waals surface area contributed by atoms with Gasteiger partial charge in [-0.05, 0) is 65.2 Å². The first kappa shape index (κ1) is 34.6. The van der Waals surface area contributed by atoms with Gasteiger partial charge in [0.1, 0.15) is 17.7 Å². The number of hydrogen-bond acceptors (Lipinski definition) is 7. The summed E-state index contributed by atoms with van der Waals surface area (Å²) in [5.41, 5.74) is -0.545. The minimum absolute atomic E-state index is 0.223. The third-order valence-corrected chi connectivity index (χ3v) is 6.60. The molecule has 1 aliphatic rings. The van der Waals surface area contributed by atoms with Crippen molar-refractivity contribution in [2.45, 2.75) is 97.8 Å². The van der Waals surface area contributed by atoms with E-state index in [9.17, 15) is 33.9 Å². The van der Waals surface area contributed by atoms with Crippen LogP contribution in [0.3, 0.4) is 0 Å². The number of rotatable bonds is 14. The van der Waals surface area contributed by atoms with Gasteiger partial charge in [0.05, 0.1) is 13.0 Å². The molecule has 13 heteroatoms. The first-order valence-corrected chi connectivity index (χ1v) is 13.8. The summed E-state index contributed by atoms with van der Waals surface area (Å²) < 4.78 is 5.42. The highest BCUT2D eigenvalue weighted by atomic mass is 16.6. The summed E-state index contributed by atoms with van der Waals surface area (Å²) in [6, 6.07) is -2.75. The lowest BCUT2D eigenvalue weighted by atomic mass is 9.91. The molecule has 1 heterocycles. The monoisotopic (exact) mass is 570 g/mol. The van der Waals surface area contributed by atoms with Crippen LogP contribution in [-0.2, 0) is 28.7 Å². The highest BCUT2D eigenvalue weighted by Crippen LogP contribution is 2.24. The zero-order chi connectivity index (χ0) is 30.6. The highest BCUT2D eigenvalue weighted by Gasteiger charge is 2.31. The van der Waals surface area contributed by atoms with Crippen LogP contribution in [0.2, 0.25) is 0 Å². The second kappa shape index (κ2) is 16.0. The summed E-state index contributed by atoms with van der Waals surface area (Å²) in [7, 11) is 0. The van der Waals surface area contributed by atoms with Crippen molar-refractivity contribution >= 4 is 35.8 Å². The van der Waals surface area contributed by atoms with Gasteiger partial charge in [0.25, 0.3) is 0 Å². The van der Waals surface area contributed by atoms with Gasteiger partial charge in [-0.15, -0.1) is 0 Å².